The van der Waals surface area contributed by atoms with Crippen LogP contribution in [0.5, 0.6) is 0 Å². The van der Waals surface area contributed by atoms with E-state index in [1.54, 1.807) is 12.1 Å². The van der Waals surface area contributed by atoms with Crippen LogP contribution in [0.3, 0.4) is 0 Å². The zero-order chi connectivity index (χ0) is 55.0. The Morgan fingerprint density at radius 3 is 2.01 bits per heavy atom. The Kier molecular flexibility index (Phi) is 12.6. The van der Waals surface area contributed by atoms with Crippen molar-refractivity contribution in [3.05, 3.63) is 227 Å². The van der Waals surface area contributed by atoms with Crippen molar-refractivity contribution in [2.45, 2.75) is 79.8 Å². The van der Waals surface area contributed by atoms with E-state index in [0.29, 0.717) is 33.6 Å². The molecule has 12 rings (SSSR count). The fraction of sp³-hybridized carbons (Fsp3) is 0.176. The number of fused-ring (bicyclic) bond motifs is 7. The number of hydrogen-bond donors (Lipinski definition) is 0. The Morgan fingerprint density at radius 1 is 0.680 bits per heavy atom. The van der Waals surface area contributed by atoms with Crippen LogP contribution < -0.4 is 5.19 Å². The summed E-state index contributed by atoms with van der Waals surface area (Å²) in [5.74, 6) is -0.565. The molecule has 0 fully saturated rings. The number of pyridine rings is 1. The van der Waals surface area contributed by atoms with Gasteiger partial charge in [-0.15, -0.1) is 47.5 Å². The summed E-state index contributed by atoms with van der Waals surface area (Å²) in [7, 11) is -1.76. The van der Waals surface area contributed by atoms with Crippen LogP contribution in [-0.2, 0) is 20.1 Å². The molecule has 9 aromatic carbocycles. The maximum atomic E-state index is 15.5. The van der Waals surface area contributed by atoms with Crippen molar-refractivity contribution in [1.29, 1.82) is 0 Å². The van der Waals surface area contributed by atoms with Crippen LogP contribution in [0.15, 0.2) is 174 Å². The zero-order valence-electron chi connectivity index (χ0n) is 47.7. The van der Waals surface area contributed by atoms with Gasteiger partial charge in [0.25, 0.3) is 0 Å². The fourth-order valence-corrected chi connectivity index (χ4v) is 12.4. The summed E-state index contributed by atoms with van der Waals surface area (Å²) in [5.41, 5.74) is 15.5. The minimum Gasteiger partial charge on any atom is -0.500 e. The summed E-state index contributed by atoms with van der Waals surface area (Å²) in [6.07, 6.45) is 1.92. The maximum Gasteiger partial charge on any atom is 0.121 e. The van der Waals surface area contributed by atoms with Gasteiger partial charge in [0.1, 0.15) is 5.58 Å². The van der Waals surface area contributed by atoms with E-state index in [-0.39, 0.29) is 37.4 Å². The quantitative estimate of drug-likeness (QED) is 0.0865. The van der Waals surface area contributed by atoms with Gasteiger partial charge in [0.05, 0.1) is 30.5 Å². The molecule has 75 heavy (non-hydrogen) atoms. The van der Waals surface area contributed by atoms with Crippen LogP contribution in [0.25, 0.3) is 94.0 Å². The molecule has 3 heterocycles. The number of imidazole rings is 1. The Balaban J connectivity index is 0.000000192. The van der Waals surface area contributed by atoms with Crippen LogP contribution >= 0.6 is 0 Å². The van der Waals surface area contributed by atoms with E-state index >= 15 is 4.39 Å². The van der Waals surface area contributed by atoms with E-state index in [0.717, 1.165) is 60.9 Å². The number of hydrogen-bond acceptors (Lipinski definition) is 3. The third-order valence-electron chi connectivity index (χ3n) is 15.0. The van der Waals surface area contributed by atoms with Crippen molar-refractivity contribution in [2.24, 2.45) is 0 Å². The summed E-state index contributed by atoms with van der Waals surface area (Å²) in [5, 5.41) is 7.17. The average Bonchev–Trinajstić information content (AvgIpc) is 4.24. The number of para-hydroxylation sites is 1. The van der Waals surface area contributed by atoms with Gasteiger partial charge < -0.3 is 14.0 Å². The van der Waals surface area contributed by atoms with Crippen molar-refractivity contribution in [3.8, 4) is 39.5 Å². The molecule has 0 aliphatic rings. The minimum atomic E-state index is -2.15. The third kappa shape index (κ3) is 9.37. The Bertz CT molecular complexity index is 4260. The first kappa shape index (κ1) is 46.3. The molecule has 0 saturated heterocycles. The molecule has 3 aromatic heterocycles. The smallest absolute Gasteiger partial charge is 0.121 e. The summed E-state index contributed by atoms with van der Waals surface area (Å²) in [4.78, 5) is 10.0. The molecular weight excluding hydrogens is 1110 g/mol. The van der Waals surface area contributed by atoms with Crippen molar-refractivity contribution in [1.82, 2.24) is 14.5 Å². The molecule has 0 spiro atoms. The number of rotatable bonds is 8. The van der Waals surface area contributed by atoms with Gasteiger partial charge in [-0.1, -0.05) is 161 Å². The van der Waals surface area contributed by atoms with E-state index < -0.39 is 20.8 Å². The zero-order valence-corrected chi connectivity index (χ0v) is 47.1. The van der Waals surface area contributed by atoms with Crippen LogP contribution in [0, 0.1) is 52.5 Å². The maximum absolute atomic E-state index is 15.5. The molecule has 2 atom stereocenters. The Labute approximate surface area is 460 Å². The minimum absolute atomic E-state index is 0. The Hall–Kier alpha value is -7.28. The second kappa shape index (κ2) is 20.4. The molecule has 2 unspecified atom stereocenters. The van der Waals surface area contributed by atoms with Gasteiger partial charge >= 0.3 is 0 Å². The first-order valence-corrected chi connectivity index (χ1v) is 28.8. The van der Waals surface area contributed by atoms with Gasteiger partial charge in [0, 0.05) is 48.7 Å². The number of furan rings is 1. The predicted molar refractivity (Wildman–Crippen MR) is 311 cm³/mol. The molecular formula is C68H60FIrN3OSi-2. The molecule has 0 bridgehead atoms. The van der Waals surface area contributed by atoms with Gasteiger partial charge in [0.2, 0.25) is 0 Å². The second-order valence-electron chi connectivity index (χ2n) is 20.8. The monoisotopic (exact) mass is 1180 g/mol. The molecule has 375 valence electrons. The number of aryl methyl sites for hydroxylation is 5. The van der Waals surface area contributed by atoms with Crippen LogP contribution in [-0.4, -0.2) is 22.6 Å². The molecule has 7 heteroatoms. The van der Waals surface area contributed by atoms with Crippen molar-refractivity contribution in [3.63, 3.8) is 0 Å². The SMILES string of the molecule is Cc1cc(-c2ccccc2)cc(C)c1-n1c(-c2[c-]cc(F)c3c2oc2ccccc23)nc2cc3c(cc21)c(C)c(C)c1ccccc13.[2H]C([2H])([2H])c1c[c-]c(-c2cc(C([2H])(C)C(C)c3ccccc3)c([Si](C)(C)C)cn2)cc1.[Ir]. The van der Waals surface area contributed by atoms with Crippen molar-refractivity contribution < 1.29 is 34.4 Å². The van der Waals surface area contributed by atoms with E-state index in [1.165, 1.54) is 50.2 Å². The van der Waals surface area contributed by atoms with Crippen LogP contribution in [0.4, 0.5) is 4.39 Å². The topological polar surface area (TPSA) is 43.9 Å². The van der Waals surface area contributed by atoms with E-state index in [1.807, 2.05) is 67.7 Å². The van der Waals surface area contributed by atoms with Gasteiger partial charge in [-0.05, 0) is 147 Å². The van der Waals surface area contributed by atoms with E-state index in [2.05, 4.69) is 156 Å². The van der Waals surface area contributed by atoms with E-state index in [9.17, 15) is 1.37 Å². The second-order valence-corrected chi connectivity index (χ2v) is 25.8. The molecule has 0 amide bonds. The van der Waals surface area contributed by atoms with E-state index in [4.69, 9.17) is 18.5 Å². The summed E-state index contributed by atoms with van der Waals surface area (Å²) in [6.45, 7) is 17.5. The first-order chi connectivity index (χ1) is 37.2. The number of halogens is 1. The molecule has 4 nitrogen and oxygen atoms in total. The fourth-order valence-electron chi connectivity index (χ4n) is 10.8. The van der Waals surface area contributed by atoms with Gasteiger partial charge in [-0.3, -0.25) is 9.37 Å². The van der Waals surface area contributed by atoms with Gasteiger partial charge in [-0.25, -0.2) is 0 Å². The summed E-state index contributed by atoms with van der Waals surface area (Å²) >= 11 is 0. The summed E-state index contributed by atoms with van der Waals surface area (Å²) < 4.78 is 56.2. The molecule has 0 N–H and O–H groups in total. The molecule has 12 aromatic rings. The van der Waals surface area contributed by atoms with Crippen molar-refractivity contribution >= 4 is 67.8 Å². The van der Waals surface area contributed by atoms with Gasteiger partial charge in [0.15, 0.2) is 0 Å². The number of nitrogens with zero attached hydrogens (tertiary/aromatic N) is 3. The predicted octanol–water partition coefficient (Wildman–Crippen LogP) is 18.0. The largest absolute Gasteiger partial charge is 0.500 e. The van der Waals surface area contributed by atoms with Crippen molar-refractivity contribution in [2.75, 3.05) is 0 Å². The molecule has 1 radical (unpaired) electrons. The van der Waals surface area contributed by atoms with Crippen LogP contribution in [0.2, 0.25) is 19.6 Å². The molecule has 0 saturated carbocycles. The standard InChI is InChI=1S/C43H30FN2O.C25H30NSi.Ir/c1-24-20-29(28-12-6-5-7-13-28)21-25(2)41(24)46-38-23-34-27(4)26(3)30-14-8-9-15-31(30)35(34)22-37(38)45-43(46)33-18-19-36(44)40-32-16-10-11-17-39(32)47-42(33)40;1-18-12-14-22(15-13-18)24-16-23(25(17-26-24)27(4,5)6)20(3)19(2)21-10-8-7-9-11-21;/h5-17,19-23H,1-4H3;7-14,16-17,19-20H,1-6H3;/q2*-1;/i;1D3,20D;. The van der Waals surface area contributed by atoms with Gasteiger partial charge in [-0.2, -0.15) is 0 Å². The molecule has 0 aliphatic carbocycles. The summed E-state index contributed by atoms with van der Waals surface area (Å²) in [6, 6.07) is 60.4. The average molecular weight is 1180 g/mol. The third-order valence-corrected chi connectivity index (χ3v) is 17.0. The Morgan fingerprint density at radius 2 is 1.33 bits per heavy atom. The first-order valence-electron chi connectivity index (χ1n) is 27.3. The van der Waals surface area contributed by atoms with Crippen LogP contribution in [0.1, 0.15) is 70.1 Å². The number of benzene rings is 9. The number of aromatic nitrogens is 3. The normalized spacial score (nSPS) is 13.9. The molecule has 0 aliphatic heterocycles.